The van der Waals surface area contributed by atoms with Gasteiger partial charge in [0.1, 0.15) is 11.6 Å². The van der Waals surface area contributed by atoms with Crippen LogP contribution < -0.4 is 5.32 Å². The van der Waals surface area contributed by atoms with E-state index in [2.05, 4.69) is 24.4 Å². The molecule has 0 bridgehead atoms. The Kier molecular flexibility index (Phi) is 5.45. The average Bonchev–Trinajstić information content (AvgIpc) is 2.50. The molecule has 0 aliphatic heterocycles. The third-order valence-electron chi connectivity index (χ3n) is 3.73. The molecule has 0 amide bonds. The Morgan fingerprint density at radius 2 is 1.76 bits per heavy atom. The average molecular weight is 289 g/mol. The van der Waals surface area contributed by atoms with Crippen molar-refractivity contribution >= 4 is 0 Å². The van der Waals surface area contributed by atoms with E-state index >= 15 is 0 Å². The van der Waals surface area contributed by atoms with Gasteiger partial charge in [0.15, 0.2) is 0 Å². The first kappa shape index (κ1) is 15.6. The van der Waals surface area contributed by atoms with Crippen LogP contribution in [-0.2, 0) is 6.42 Å². The van der Waals surface area contributed by atoms with Gasteiger partial charge in [-0.3, -0.25) is 0 Å². The number of halogens is 2. The number of nitrogens with one attached hydrogen (secondary N) is 1. The van der Waals surface area contributed by atoms with E-state index in [0.29, 0.717) is 5.56 Å². The predicted molar refractivity (Wildman–Crippen MR) is 82.1 cm³/mol. The molecule has 2 aromatic rings. The zero-order chi connectivity index (χ0) is 15.2. The van der Waals surface area contributed by atoms with E-state index in [1.807, 2.05) is 25.1 Å². The molecule has 0 heterocycles. The maximum atomic E-state index is 13.8. The molecule has 0 aliphatic carbocycles. The minimum Gasteiger partial charge on any atom is -0.307 e. The summed E-state index contributed by atoms with van der Waals surface area (Å²) in [6.45, 7) is 3.96. The minimum absolute atomic E-state index is 0.227. The normalized spacial score (nSPS) is 13.9. The fourth-order valence-electron chi connectivity index (χ4n) is 2.51. The van der Waals surface area contributed by atoms with Crippen LogP contribution in [0.25, 0.3) is 0 Å². The smallest absolute Gasteiger partial charge is 0.128 e. The molecule has 1 nitrogen and oxygen atoms in total. The van der Waals surface area contributed by atoms with Gasteiger partial charge in [0.25, 0.3) is 0 Å². The minimum atomic E-state index is -0.406. The van der Waals surface area contributed by atoms with Crippen LogP contribution in [0, 0.1) is 11.6 Å². The van der Waals surface area contributed by atoms with Crippen molar-refractivity contribution in [2.24, 2.45) is 0 Å². The summed E-state index contributed by atoms with van der Waals surface area (Å²) in [4.78, 5) is 0. The molecule has 2 atom stereocenters. The molecule has 2 aromatic carbocycles. The first-order chi connectivity index (χ1) is 10.1. The highest BCUT2D eigenvalue weighted by molar-refractivity contribution is 5.22. The summed E-state index contributed by atoms with van der Waals surface area (Å²) in [7, 11) is 0. The van der Waals surface area contributed by atoms with Gasteiger partial charge >= 0.3 is 0 Å². The number of rotatable bonds is 6. The lowest BCUT2D eigenvalue weighted by Gasteiger charge is -2.23. The van der Waals surface area contributed by atoms with Crippen molar-refractivity contribution in [1.82, 2.24) is 5.32 Å². The van der Waals surface area contributed by atoms with Gasteiger partial charge < -0.3 is 5.32 Å². The Morgan fingerprint density at radius 3 is 2.43 bits per heavy atom. The highest BCUT2D eigenvalue weighted by atomic mass is 19.1. The highest BCUT2D eigenvalue weighted by Crippen LogP contribution is 2.19. The van der Waals surface area contributed by atoms with Crippen LogP contribution in [0.1, 0.15) is 37.4 Å². The molecule has 0 saturated heterocycles. The van der Waals surface area contributed by atoms with Gasteiger partial charge in [-0.1, -0.05) is 37.3 Å². The van der Waals surface area contributed by atoms with Crippen molar-refractivity contribution in [1.29, 1.82) is 0 Å². The molecule has 0 aromatic heterocycles. The molecule has 2 unspecified atom stereocenters. The van der Waals surface area contributed by atoms with Gasteiger partial charge in [-0.05, 0) is 43.5 Å². The fraction of sp³-hybridized carbons (Fsp3) is 0.333. The summed E-state index contributed by atoms with van der Waals surface area (Å²) in [5.74, 6) is -0.776. The third kappa shape index (κ3) is 4.36. The molecular formula is C18H21F2N. The number of hydrogen-bond donors (Lipinski definition) is 1. The van der Waals surface area contributed by atoms with Crippen molar-refractivity contribution < 1.29 is 8.78 Å². The van der Waals surface area contributed by atoms with Gasteiger partial charge in [-0.25, -0.2) is 8.78 Å². The van der Waals surface area contributed by atoms with Crippen LogP contribution in [0.3, 0.4) is 0 Å². The summed E-state index contributed by atoms with van der Waals surface area (Å²) in [6.07, 6.45) is 1.80. The molecule has 3 heteroatoms. The number of benzene rings is 2. The first-order valence-corrected chi connectivity index (χ1v) is 7.35. The Morgan fingerprint density at radius 1 is 1.05 bits per heavy atom. The summed E-state index contributed by atoms with van der Waals surface area (Å²) >= 11 is 0. The monoisotopic (exact) mass is 289 g/mol. The summed E-state index contributed by atoms with van der Waals surface area (Å²) in [5, 5.41) is 3.39. The van der Waals surface area contributed by atoms with Crippen LogP contribution in [0.5, 0.6) is 0 Å². The summed E-state index contributed by atoms with van der Waals surface area (Å²) in [5.41, 5.74) is 1.62. The molecule has 2 rings (SSSR count). The second kappa shape index (κ2) is 7.32. The molecule has 0 radical (unpaired) electrons. The molecule has 1 N–H and O–H groups in total. The predicted octanol–water partition coefficient (Wildman–Crippen LogP) is 4.64. The number of hydrogen-bond acceptors (Lipinski definition) is 1. The van der Waals surface area contributed by atoms with Crippen LogP contribution in [0.15, 0.2) is 48.5 Å². The van der Waals surface area contributed by atoms with E-state index in [1.165, 1.54) is 17.7 Å². The zero-order valence-electron chi connectivity index (χ0n) is 12.4. The quantitative estimate of drug-likeness (QED) is 0.817. The second-order valence-corrected chi connectivity index (χ2v) is 5.35. The fourth-order valence-corrected chi connectivity index (χ4v) is 2.51. The van der Waals surface area contributed by atoms with E-state index in [-0.39, 0.29) is 17.9 Å². The van der Waals surface area contributed by atoms with Crippen molar-refractivity contribution in [2.75, 3.05) is 0 Å². The Balaban J connectivity index is 2.05. The van der Waals surface area contributed by atoms with Gasteiger partial charge in [0, 0.05) is 17.6 Å². The Hall–Kier alpha value is -1.74. The molecule has 21 heavy (non-hydrogen) atoms. The lowest BCUT2D eigenvalue weighted by Crippen LogP contribution is -2.33. The van der Waals surface area contributed by atoms with Gasteiger partial charge in [-0.2, -0.15) is 0 Å². The largest absolute Gasteiger partial charge is 0.307 e. The third-order valence-corrected chi connectivity index (χ3v) is 3.73. The molecular weight excluding hydrogens is 268 g/mol. The van der Waals surface area contributed by atoms with Crippen LogP contribution in [-0.4, -0.2) is 6.04 Å². The van der Waals surface area contributed by atoms with Crippen molar-refractivity contribution in [3.8, 4) is 0 Å². The zero-order valence-corrected chi connectivity index (χ0v) is 12.4. The van der Waals surface area contributed by atoms with Crippen LogP contribution >= 0.6 is 0 Å². The summed E-state index contributed by atoms with van der Waals surface area (Å²) in [6, 6.07) is 13.8. The van der Waals surface area contributed by atoms with E-state index < -0.39 is 5.82 Å². The standard InChI is InChI=1S/C18H21F2N/c1-3-16(11-14-7-5-4-6-8-14)21-13(2)17-12-15(19)9-10-18(17)20/h4-10,12-13,16,21H,3,11H2,1-2H3. The van der Waals surface area contributed by atoms with Crippen molar-refractivity contribution in [3.05, 3.63) is 71.3 Å². The van der Waals surface area contributed by atoms with E-state index in [0.717, 1.165) is 18.9 Å². The SMILES string of the molecule is CCC(Cc1ccccc1)NC(C)c1cc(F)ccc1F. The van der Waals surface area contributed by atoms with E-state index in [1.54, 1.807) is 0 Å². The molecule has 112 valence electrons. The van der Waals surface area contributed by atoms with Crippen molar-refractivity contribution in [3.63, 3.8) is 0 Å². The summed E-state index contributed by atoms with van der Waals surface area (Å²) < 4.78 is 27.1. The van der Waals surface area contributed by atoms with Gasteiger partial charge in [0.05, 0.1) is 0 Å². The molecule has 0 fully saturated rings. The molecule has 0 spiro atoms. The lowest BCUT2D eigenvalue weighted by molar-refractivity contribution is 0.427. The Labute approximate surface area is 125 Å². The van der Waals surface area contributed by atoms with Crippen LogP contribution in [0.2, 0.25) is 0 Å². The highest BCUT2D eigenvalue weighted by Gasteiger charge is 2.16. The lowest BCUT2D eigenvalue weighted by atomic mass is 10.0. The molecule has 0 saturated carbocycles. The molecule has 0 aliphatic rings. The first-order valence-electron chi connectivity index (χ1n) is 7.35. The second-order valence-electron chi connectivity index (χ2n) is 5.35. The van der Waals surface area contributed by atoms with Gasteiger partial charge in [-0.15, -0.1) is 0 Å². The van der Waals surface area contributed by atoms with Crippen LogP contribution in [0.4, 0.5) is 8.78 Å². The van der Waals surface area contributed by atoms with E-state index in [4.69, 9.17) is 0 Å². The van der Waals surface area contributed by atoms with Gasteiger partial charge in [0.2, 0.25) is 0 Å². The van der Waals surface area contributed by atoms with Crippen molar-refractivity contribution in [2.45, 2.75) is 38.8 Å². The van der Waals surface area contributed by atoms with E-state index in [9.17, 15) is 8.78 Å². The topological polar surface area (TPSA) is 12.0 Å². The maximum Gasteiger partial charge on any atom is 0.128 e. The maximum absolute atomic E-state index is 13.8. The Bertz CT molecular complexity index is 569.